The highest BCUT2D eigenvalue weighted by molar-refractivity contribution is 7.80. The topological polar surface area (TPSA) is 43.1 Å². The minimum absolute atomic E-state index is 0.401. The molecule has 0 heterocycles. The number of carbonyl (C=O) groups excluding carboxylic acids is 1. The van der Waals surface area contributed by atoms with E-state index in [9.17, 15) is 4.79 Å². The summed E-state index contributed by atoms with van der Waals surface area (Å²) in [5, 5.41) is 0. The summed E-state index contributed by atoms with van der Waals surface area (Å²) in [6.07, 6.45) is 3.28. The van der Waals surface area contributed by atoms with Gasteiger partial charge >= 0.3 is 0 Å². The molecule has 1 atom stereocenters. The van der Waals surface area contributed by atoms with Crippen molar-refractivity contribution in [1.82, 2.24) is 0 Å². The second-order valence-corrected chi connectivity index (χ2v) is 2.04. The predicted octanol–water partition coefficient (Wildman–Crippen LogP) is 0.133. The fourth-order valence-electron chi connectivity index (χ4n) is 0.370. The summed E-state index contributed by atoms with van der Waals surface area (Å²) >= 11 is 3.95. The van der Waals surface area contributed by atoms with E-state index in [0.717, 1.165) is 12.2 Å². The molecule has 0 aliphatic carbocycles. The first-order chi connectivity index (χ1) is 3.81. The molecule has 0 amide bonds. The lowest BCUT2D eigenvalue weighted by Gasteiger charge is -1.97. The van der Waals surface area contributed by atoms with Crippen molar-refractivity contribution in [1.29, 1.82) is 0 Å². The zero-order valence-corrected chi connectivity index (χ0v) is 5.53. The Kier molecular flexibility index (Phi) is 5.11. The quantitative estimate of drug-likeness (QED) is 0.534. The Morgan fingerprint density at radius 3 is 2.75 bits per heavy atom. The van der Waals surface area contributed by atoms with Crippen molar-refractivity contribution in [2.45, 2.75) is 18.9 Å². The molecule has 0 aliphatic heterocycles. The lowest BCUT2D eigenvalue weighted by atomic mass is 10.2. The van der Waals surface area contributed by atoms with Crippen molar-refractivity contribution in [3.05, 3.63) is 0 Å². The van der Waals surface area contributed by atoms with Crippen LogP contribution in [0.4, 0.5) is 0 Å². The van der Waals surface area contributed by atoms with Crippen molar-refractivity contribution < 1.29 is 4.79 Å². The minimum Gasteiger partial charge on any atom is -0.321 e. The van der Waals surface area contributed by atoms with E-state index in [0.29, 0.717) is 6.42 Å². The SMILES string of the molecule is N[C@H]([C]=O)CCCS. The maximum absolute atomic E-state index is 9.74. The highest BCUT2D eigenvalue weighted by atomic mass is 32.1. The Balaban J connectivity index is 2.98. The third-order valence-electron chi connectivity index (χ3n) is 0.825. The first-order valence-corrected chi connectivity index (χ1v) is 3.18. The molecule has 0 aromatic rings. The van der Waals surface area contributed by atoms with Crippen LogP contribution in [0.3, 0.4) is 0 Å². The summed E-state index contributed by atoms with van der Waals surface area (Å²) in [5.41, 5.74) is 5.20. The average Bonchev–Trinajstić information content (AvgIpc) is 1.83. The first-order valence-electron chi connectivity index (χ1n) is 2.55. The summed E-state index contributed by atoms with van der Waals surface area (Å²) in [4.78, 5) is 9.74. The lowest BCUT2D eigenvalue weighted by molar-refractivity contribution is 0.535. The van der Waals surface area contributed by atoms with Crippen LogP contribution < -0.4 is 5.73 Å². The maximum Gasteiger partial charge on any atom is 0.216 e. The standard InChI is InChI=1S/C5H10NOS/c6-5(4-7)2-1-3-8/h5,8H,1-3,6H2/t5-/m0/s1. The van der Waals surface area contributed by atoms with Crippen molar-refractivity contribution in [2.24, 2.45) is 5.73 Å². The summed E-state index contributed by atoms with van der Waals surface area (Å²) in [6, 6.07) is -0.401. The predicted molar refractivity (Wildman–Crippen MR) is 36.8 cm³/mol. The van der Waals surface area contributed by atoms with Crippen LogP contribution in [0.2, 0.25) is 0 Å². The zero-order chi connectivity index (χ0) is 6.41. The fourth-order valence-corrected chi connectivity index (χ4v) is 0.553. The number of hydrogen-bond donors (Lipinski definition) is 2. The van der Waals surface area contributed by atoms with E-state index in [-0.39, 0.29) is 0 Å². The molecule has 0 spiro atoms. The Morgan fingerprint density at radius 1 is 1.75 bits per heavy atom. The molecule has 0 saturated carbocycles. The molecule has 0 rings (SSSR count). The second-order valence-electron chi connectivity index (χ2n) is 1.59. The largest absolute Gasteiger partial charge is 0.321 e. The minimum atomic E-state index is -0.401. The van der Waals surface area contributed by atoms with Gasteiger partial charge in [0.1, 0.15) is 0 Å². The summed E-state index contributed by atoms with van der Waals surface area (Å²) in [7, 11) is 0. The van der Waals surface area contributed by atoms with Crippen LogP contribution in [0.25, 0.3) is 0 Å². The number of rotatable bonds is 4. The summed E-state index contributed by atoms with van der Waals surface area (Å²) in [6.45, 7) is 0. The average molecular weight is 132 g/mol. The van der Waals surface area contributed by atoms with Crippen molar-refractivity contribution in [3.8, 4) is 0 Å². The van der Waals surface area contributed by atoms with Crippen LogP contribution >= 0.6 is 12.6 Å². The molecular weight excluding hydrogens is 122 g/mol. The van der Waals surface area contributed by atoms with E-state index < -0.39 is 6.04 Å². The van der Waals surface area contributed by atoms with Crippen LogP contribution in [-0.4, -0.2) is 18.1 Å². The molecule has 2 N–H and O–H groups in total. The van der Waals surface area contributed by atoms with E-state index in [1.54, 1.807) is 6.29 Å². The molecule has 0 aromatic heterocycles. The van der Waals surface area contributed by atoms with Gasteiger partial charge in [-0.15, -0.1) is 0 Å². The Bertz CT molecular complexity index is 67.4. The molecule has 0 fully saturated rings. The normalized spacial score (nSPS) is 13.2. The smallest absolute Gasteiger partial charge is 0.216 e. The van der Waals surface area contributed by atoms with Gasteiger partial charge in [-0.1, -0.05) is 0 Å². The van der Waals surface area contributed by atoms with Crippen LogP contribution in [0, 0.1) is 0 Å². The van der Waals surface area contributed by atoms with E-state index in [2.05, 4.69) is 12.6 Å². The number of nitrogens with two attached hydrogens (primary N) is 1. The molecule has 0 saturated heterocycles. The Labute approximate surface area is 54.9 Å². The number of hydrogen-bond acceptors (Lipinski definition) is 3. The van der Waals surface area contributed by atoms with Gasteiger partial charge in [0.2, 0.25) is 6.29 Å². The zero-order valence-electron chi connectivity index (χ0n) is 4.63. The van der Waals surface area contributed by atoms with Crippen LogP contribution in [0.5, 0.6) is 0 Å². The number of thiol groups is 1. The molecular formula is C5H10NOS. The van der Waals surface area contributed by atoms with E-state index in [1.165, 1.54) is 0 Å². The third kappa shape index (κ3) is 4.15. The Morgan fingerprint density at radius 2 is 2.38 bits per heavy atom. The van der Waals surface area contributed by atoms with Gasteiger partial charge in [0.05, 0.1) is 6.04 Å². The van der Waals surface area contributed by atoms with Gasteiger partial charge in [-0.3, -0.25) is 4.79 Å². The van der Waals surface area contributed by atoms with Gasteiger partial charge in [0.15, 0.2) is 0 Å². The van der Waals surface area contributed by atoms with Gasteiger partial charge in [-0.2, -0.15) is 12.6 Å². The Hall–Kier alpha value is -0.0200. The van der Waals surface area contributed by atoms with Crippen LogP contribution in [0.15, 0.2) is 0 Å². The molecule has 1 radical (unpaired) electrons. The van der Waals surface area contributed by atoms with Crippen molar-refractivity contribution >= 4 is 18.9 Å². The molecule has 8 heavy (non-hydrogen) atoms. The van der Waals surface area contributed by atoms with Gasteiger partial charge < -0.3 is 5.73 Å². The molecule has 2 nitrogen and oxygen atoms in total. The third-order valence-corrected chi connectivity index (χ3v) is 1.14. The molecule has 47 valence electrons. The van der Waals surface area contributed by atoms with Gasteiger partial charge in [-0.05, 0) is 18.6 Å². The van der Waals surface area contributed by atoms with Crippen molar-refractivity contribution in [3.63, 3.8) is 0 Å². The molecule has 3 heteroatoms. The fraction of sp³-hybridized carbons (Fsp3) is 0.800. The summed E-state index contributed by atoms with van der Waals surface area (Å²) in [5.74, 6) is 0.787. The monoisotopic (exact) mass is 132 g/mol. The molecule has 0 unspecified atom stereocenters. The van der Waals surface area contributed by atoms with E-state index >= 15 is 0 Å². The lowest BCUT2D eigenvalue weighted by Crippen LogP contribution is -2.20. The highest BCUT2D eigenvalue weighted by Crippen LogP contribution is 1.92. The molecule has 0 bridgehead atoms. The second kappa shape index (κ2) is 5.12. The summed E-state index contributed by atoms with van der Waals surface area (Å²) < 4.78 is 0. The van der Waals surface area contributed by atoms with Gasteiger partial charge in [0.25, 0.3) is 0 Å². The first kappa shape index (κ1) is 7.98. The van der Waals surface area contributed by atoms with Crippen LogP contribution in [0.1, 0.15) is 12.8 Å². The van der Waals surface area contributed by atoms with E-state index in [4.69, 9.17) is 5.73 Å². The van der Waals surface area contributed by atoms with Crippen LogP contribution in [-0.2, 0) is 4.79 Å². The molecule has 0 aliphatic rings. The maximum atomic E-state index is 9.74. The van der Waals surface area contributed by atoms with Crippen molar-refractivity contribution in [2.75, 3.05) is 5.75 Å². The van der Waals surface area contributed by atoms with Gasteiger partial charge in [-0.25, -0.2) is 0 Å². The van der Waals surface area contributed by atoms with E-state index in [1.807, 2.05) is 0 Å². The van der Waals surface area contributed by atoms with Gasteiger partial charge in [0, 0.05) is 0 Å². The highest BCUT2D eigenvalue weighted by Gasteiger charge is 1.97. The molecule has 0 aromatic carbocycles.